The molecule has 2 aromatic carbocycles. The largest absolute Gasteiger partial charge is 0.497 e. The number of nitro benzene ring substituents is 1. The Bertz CT molecular complexity index is 1010. The van der Waals surface area contributed by atoms with Crippen molar-refractivity contribution >= 4 is 38.9 Å². The van der Waals surface area contributed by atoms with Crippen LogP contribution in [-0.2, 0) is 4.74 Å². The first-order valence-corrected chi connectivity index (χ1v) is 8.32. The van der Waals surface area contributed by atoms with E-state index >= 15 is 0 Å². The maximum atomic E-state index is 12.2. The molecule has 0 saturated heterocycles. The minimum atomic E-state index is -0.648. The molecule has 132 valence electrons. The molecule has 0 saturated carbocycles. The van der Waals surface area contributed by atoms with Crippen LogP contribution in [0.25, 0.3) is 10.1 Å². The van der Waals surface area contributed by atoms with Crippen molar-refractivity contribution in [2.24, 2.45) is 0 Å². The number of esters is 1. The number of methoxy groups -OCH3 is 1. The average Bonchev–Trinajstić information content (AvgIpc) is 3.09. The molecule has 0 aliphatic carbocycles. The van der Waals surface area contributed by atoms with E-state index in [-0.39, 0.29) is 16.3 Å². The van der Waals surface area contributed by atoms with E-state index in [1.54, 1.807) is 30.3 Å². The summed E-state index contributed by atoms with van der Waals surface area (Å²) in [5.74, 6) is -0.465. The molecular formula is C18H13NO6S. The van der Waals surface area contributed by atoms with Crippen molar-refractivity contribution in [1.82, 2.24) is 0 Å². The van der Waals surface area contributed by atoms with Gasteiger partial charge in [-0.1, -0.05) is 12.1 Å². The Hall–Kier alpha value is -3.26. The Kier molecular flexibility index (Phi) is 4.94. The van der Waals surface area contributed by atoms with Crippen LogP contribution in [0.1, 0.15) is 20.0 Å². The van der Waals surface area contributed by atoms with Gasteiger partial charge in [-0.3, -0.25) is 14.9 Å². The lowest BCUT2D eigenvalue weighted by Crippen LogP contribution is -2.13. The molecule has 3 rings (SSSR count). The summed E-state index contributed by atoms with van der Waals surface area (Å²) in [6.45, 7) is -0.402. The van der Waals surface area contributed by atoms with Gasteiger partial charge >= 0.3 is 5.97 Å². The zero-order chi connectivity index (χ0) is 18.7. The Balaban J connectivity index is 1.70. The van der Waals surface area contributed by atoms with Crippen molar-refractivity contribution in [3.05, 3.63) is 69.1 Å². The van der Waals surface area contributed by atoms with Gasteiger partial charge in [0.25, 0.3) is 5.69 Å². The lowest BCUT2D eigenvalue weighted by Gasteiger charge is -2.04. The van der Waals surface area contributed by atoms with Crippen molar-refractivity contribution in [1.29, 1.82) is 0 Å². The fraction of sp³-hybridized carbons (Fsp3) is 0.111. The molecule has 0 aliphatic heterocycles. The molecule has 0 amide bonds. The predicted molar refractivity (Wildman–Crippen MR) is 96.1 cm³/mol. The number of benzene rings is 2. The summed E-state index contributed by atoms with van der Waals surface area (Å²) in [5, 5.41) is 11.4. The number of hydrogen-bond acceptors (Lipinski definition) is 7. The van der Waals surface area contributed by atoms with Crippen LogP contribution in [-0.4, -0.2) is 30.4 Å². The van der Waals surface area contributed by atoms with Gasteiger partial charge in [-0.05, 0) is 24.3 Å². The maximum absolute atomic E-state index is 12.2. The minimum absolute atomic E-state index is 0.0524. The first-order valence-electron chi connectivity index (χ1n) is 7.50. The molecule has 0 spiro atoms. The number of nitro groups is 1. The first-order chi connectivity index (χ1) is 12.5. The standard InChI is InChI=1S/C18H13NO6S/c1-24-14-4-2-3-11(8-14)15(20)10-25-18(21)17-9-12-7-13(19(22)23)5-6-16(12)26-17/h2-9H,10H2,1H3. The molecule has 1 heterocycles. The number of Topliss-reactive ketones (excluding diaryl/α,β-unsaturated/α-hetero) is 1. The molecule has 26 heavy (non-hydrogen) atoms. The SMILES string of the molecule is COc1cccc(C(=O)COC(=O)c2cc3cc([N+](=O)[O-])ccc3s2)c1. The summed E-state index contributed by atoms with van der Waals surface area (Å²) in [7, 11) is 1.50. The van der Waals surface area contributed by atoms with Gasteiger partial charge in [0.15, 0.2) is 12.4 Å². The van der Waals surface area contributed by atoms with Gasteiger partial charge in [0.2, 0.25) is 0 Å². The van der Waals surface area contributed by atoms with E-state index in [0.717, 1.165) is 16.0 Å². The fourth-order valence-electron chi connectivity index (χ4n) is 2.33. The smallest absolute Gasteiger partial charge is 0.348 e. The molecule has 0 fully saturated rings. The second-order valence-electron chi connectivity index (χ2n) is 5.32. The molecule has 0 atom stereocenters. The van der Waals surface area contributed by atoms with E-state index in [2.05, 4.69) is 0 Å². The lowest BCUT2D eigenvalue weighted by molar-refractivity contribution is -0.384. The molecule has 7 nitrogen and oxygen atoms in total. The van der Waals surface area contributed by atoms with Crippen LogP contribution < -0.4 is 4.74 Å². The third kappa shape index (κ3) is 3.70. The van der Waals surface area contributed by atoms with E-state index < -0.39 is 17.5 Å². The molecule has 1 aromatic heterocycles. The van der Waals surface area contributed by atoms with Crippen LogP contribution in [0.4, 0.5) is 5.69 Å². The zero-order valence-corrected chi connectivity index (χ0v) is 14.4. The predicted octanol–water partition coefficient (Wildman–Crippen LogP) is 3.86. The summed E-state index contributed by atoms with van der Waals surface area (Å²) in [5.41, 5.74) is 0.326. The van der Waals surface area contributed by atoms with Crippen molar-refractivity contribution in [3.8, 4) is 5.75 Å². The number of carbonyl (C=O) groups is 2. The Morgan fingerprint density at radius 2 is 1.96 bits per heavy atom. The van der Waals surface area contributed by atoms with Crippen LogP contribution >= 0.6 is 11.3 Å². The highest BCUT2D eigenvalue weighted by atomic mass is 32.1. The Morgan fingerprint density at radius 3 is 2.69 bits per heavy atom. The van der Waals surface area contributed by atoms with Crippen molar-refractivity contribution < 1.29 is 24.0 Å². The van der Waals surface area contributed by atoms with Crippen LogP contribution in [0.5, 0.6) is 5.75 Å². The number of rotatable bonds is 6. The third-order valence-corrected chi connectivity index (χ3v) is 4.73. The van der Waals surface area contributed by atoms with E-state index in [9.17, 15) is 19.7 Å². The second kappa shape index (κ2) is 7.32. The van der Waals surface area contributed by atoms with Crippen LogP contribution in [0.3, 0.4) is 0 Å². The number of non-ortho nitro benzene ring substituents is 1. The molecular weight excluding hydrogens is 358 g/mol. The summed E-state index contributed by atoms with van der Waals surface area (Å²) in [6, 6.07) is 12.4. The van der Waals surface area contributed by atoms with E-state index in [0.29, 0.717) is 16.7 Å². The number of thiophene rings is 1. The highest BCUT2D eigenvalue weighted by Crippen LogP contribution is 2.29. The van der Waals surface area contributed by atoms with Gasteiger partial charge in [-0.25, -0.2) is 4.79 Å². The zero-order valence-electron chi connectivity index (χ0n) is 13.6. The third-order valence-electron chi connectivity index (χ3n) is 3.64. The van der Waals surface area contributed by atoms with Crippen molar-refractivity contribution in [2.45, 2.75) is 0 Å². The van der Waals surface area contributed by atoms with Gasteiger partial charge < -0.3 is 9.47 Å². The van der Waals surface area contributed by atoms with E-state index in [1.807, 2.05) is 0 Å². The summed E-state index contributed by atoms with van der Waals surface area (Å²) in [4.78, 5) is 34.9. The van der Waals surface area contributed by atoms with E-state index in [1.165, 1.54) is 25.3 Å². The first kappa shape index (κ1) is 17.6. The molecule has 0 aliphatic rings. The van der Waals surface area contributed by atoms with Crippen molar-refractivity contribution in [3.63, 3.8) is 0 Å². The van der Waals surface area contributed by atoms with E-state index in [4.69, 9.17) is 9.47 Å². The Labute approximate surface area is 151 Å². The Morgan fingerprint density at radius 1 is 1.15 bits per heavy atom. The van der Waals surface area contributed by atoms with Crippen molar-refractivity contribution in [2.75, 3.05) is 13.7 Å². The van der Waals surface area contributed by atoms with Gasteiger partial charge in [0, 0.05) is 27.8 Å². The monoisotopic (exact) mass is 371 g/mol. The minimum Gasteiger partial charge on any atom is -0.497 e. The lowest BCUT2D eigenvalue weighted by atomic mass is 10.1. The molecule has 0 bridgehead atoms. The molecule has 3 aromatic rings. The van der Waals surface area contributed by atoms with Gasteiger partial charge in [0.1, 0.15) is 10.6 Å². The number of fused-ring (bicyclic) bond motifs is 1. The summed E-state index contributed by atoms with van der Waals surface area (Å²) < 4.78 is 10.8. The maximum Gasteiger partial charge on any atom is 0.348 e. The quantitative estimate of drug-likeness (QED) is 0.283. The van der Waals surface area contributed by atoms with Gasteiger partial charge in [-0.15, -0.1) is 11.3 Å². The van der Waals surface area contributed by atoms with Crippen LogP contribution in [0.15, 0.2) is 48.5 Å². The highest BCUT2D eigenvalue weighted by molar-refractivity contribution is 7.20. The molecule has 8 heteroatoms. The topological polar surface area (TPSA) is 95.7 Å². The number of hydrogen-bond donors (Lipinski definition) is 0. The average molecular weight is 371 g/mol. The molecule has 0 unspecified atom stereocenters. The fourth-order valence-corrected chi connectivity index (χ4v) is 3.26. The normalized spacial score (nSPS) is 10.5. The number of nitrogens with zero attached hydrogens (tertiary/aromatic N) is 1. The number of ketones is 1. The number of carbonyl (C=O) groups excluding carboxylic acids is 2. The highest BCUT2D eigenvalue weighted by Gasteiger charge is 2.16. The van der Waals surface area contributed by atoms with Gasteiger partial charge in [0.05, 0.1) is 12.0 Å². The molecule has 0 radical (unpaired) electrons. The number of ether oxygens (including phenoxy) is 2. The second-order valence-corrected chi connectivity index (χ2v) is 6.40. The summed E-state index contributed by atoms with van der Waals surface area (Å²) >= 11 is 1.15. The summed E-state index contributed by atoms with van der Waals surface area (Å²) in [6.07, 6.45) is 0. The van der Waals surface area contributed by atoms with Gasteiger partial charge in [-0.2, -0.15) is 0 Å². The molecule has 0 N–H and O–H groups in total. The van der Waals surface area contributed by atoms with Crippen LogP contribution in [0.2, 0.25) is 0 Å². The van der Waals surface area contributed by atoms with Crippen LogP contribution in [0, 0.1) is 10.1 Å².